The second-order valence-electron chi connectivity index (χ2n) is 2.77. The first-order chi connectivity index (χ1) is 5.66. The molecule has 0 saturated heterocycles. The van der Waals surface area contributed by atoms with E-state index >= 15 is 0 Å². The van der Waals surface area contributed by atoms with E-state index < -0.39 is 0 Å². The van der Waals surface area contributed by atoms with E-state index in [4.69, 9.17) is 0 Å². The topological polar surface area (TPSA) is 12.9 Å². The van der Waals surface area contributed by atoms with Crippen LogP contribution in [0.2, 0.25) is 0 Å². The zero-order valence-electron chi connectivity index (χ0n) is 7.19. The fourth-order valence-electron chi connectivity index (χ4n) is 1.09. The quantitative estimate of drug-likeness (QED) is 0.595. The third kappa shape index (κ3) is 2.19. The zero-order chi connectivity index (χ0) is 9.14. The minimum atomic E-state index is 0.986. The van der Waals surface area contributed by atoms with Gasteiger partial charge in [-0.2, -0.15) is 0 Å². The van der Waals surface area contributed by atoms with E-state index in [9.17, 15) is 0 Å². The molecule has 0 aliphatic rings. The van der Waals surface area contributed by atoms with E-state index in [0.29, 0.717) is 0 Å². The van der Waals surface area contributed by atoms with Gasteiger partial charge in [0.2, 0.25) is 0 Å². The number of aromatic nitrogens is 1. The van der Waals surface area contributed by atoms with Crippen molar-refractivity contribution in [1.29, 1.82) is 0 Å². The molecule has 1 aromatic heterocycles. The van der Waals surface area contributed by atoms with Gasteiger partial charge in [-0.15, -0.1) is 0 Å². The Morgan fingerprint density at radius 3 is 2.75 bits per heavy atom. The van der Waals surface area contributed by atoms with Crippen LogP contribution in [0.5, 0.6) is 0 Å². The normalized spacial score (nSPS) is 10.3. The lowest BCUT2D eigenvalue weighted by Gasteiger charge is -2.06. The molecule has 0 fully saturated rings. The summed E-state index contributed by atoms with van der Waals surface area (Å²) in [5.74, 6) is 0. The Bertz CT molecular complexity index is 286. The summed E-state index contributed by atoms with van der Waals surface area (Å²) in [6, 6.07) is 0. The van der Waals surface area contributed by atoms with Crippen molar-refractivity contribution in [2.45, 2.75) is 20.3 Å². The highest BCUT2D eigenvalue weighted by Crippen LogP contribution is 2.18. The van der Waals surface area contributed by atoms with Crippen LogP contribution in [0.3, 0.4) is 0 Å². The number of pyridine rings is 1. The molecule has 1 nitrogen and oxygen atoms in total. The van der Waals surface area contributed by atoms with Crippen molar-refractivity contribution in [2.75, 3.05) is 5.33 Å². The number of hydrogen-bond acceptors (Lipinski definition) is 1. The summed E-state index contributed by atoms with van der Waals surface area (Å²) in [7, 11) is 0. The molecule has 0 radical (unpaired) electrons. The number of aryl methyl sites for hydroxylation is 2. The minimum absolute atomic E-state index is 0.986. The smallest absolute Gasteiger partial charge is 0.0451 e. The van der Waals surface area contributed by atoms with E-state index in [-0.39, 0.29) is 0 Å². The maximum absolute atomic E-state index is 4.39. The van der Waals surface area contributed by atoms with Crippen LogP contribution in [0.25, 0.3) is 0 Å². The fourth-order valence-corrected chi connectivity index (χ4v) is 1.92. The predicted molar refractivity (Wildman–Crippen MR) is 63.9 cm³/mol. The lowest BCUT2D eigenvalue weighted by atomic mass is 10.1. The standard InChI is InChI=1S/C9H11BrIN/c1-6-5-12-8(3-4-10)7(2)9(6)11/h5H,3-4H2,1-2H3. The van der Waals surface area contributed by atoms with Crippen molar-refractivity contribution < 1.29 is 0 Å². The van der Waals surface area contributed by atoms with E-state index in [1.807, 2.05) is 6.20 Å². The van der Waals surface area contributed by atoms with Crippen molar-refractivity contribution in [1.82, 2.24) is 4.98 Å². The van der Waals surface area contributed by atoms with Gasteiger partial charge in [-0.1, -0.05) is 15.9 Å². The Labute approximate surface area is 95.2 Å². The first kappa shape index (κ1) is 10.4. The molecule has 0 atom stereocenters. The predicted octanol–water partition coefficient (Wildman–Crippen LogP) is 3.24. The van der Waals surface area contributed by atoms with Crippen LogP contribution in [0.15, 0.2) is 6.20 Å². The molecule has 12 heavy (non-hydrogen) atoms. The van der Waals surface area contributed by atoms with E-state index in [2.05, 4.69) is 57.4 Å². The lowest BCUT2D eigenvalue weighted by molar-refractivity contribution is 1.00. The van der Waals surface area contributed by atoms with Crippen molar-refractivity contribution in [2.24, 2.45) is 0 Å². The van der Waals surface area contributed by atoms with Gasteiger partial charge < -0.3 is 0 Å². The number of alkyl halides is 1. The Hall–Kier alpha value is 0.360. The summed E-state index contributed by atoms with van der Waals surface area (Å²) < 4.78 is 1.35. The molecule has 1 aromatic rings. The van der Waals surface area contributed by atoms with Gasteiger partial charge in [0.15, 0.2) is 0 Å². The lowest BCUT2D eigenvalue weighted by Crippen LogP contribution is -1.99. The highest BCUT2D eigenvalue weighted by atomic mass is 127. The highest BCUT2D eigenvalue weighted by Gasteiger charge is 2.04. The monoisotopic (exact) mass is 339 g/mol. The van der Waals surface area contributed by atoms with Gasteiger partial charge in [-0.05, 0) is 54.0 Å². The van der Waals surface area contributed by atoms with Crippen LogP contribution in [0, 0.1) is 17.4 Å². The molecule has 0 amide bonds. The molecule has 0 unspecified atom stereocenters. The molecule has 0 N–H and O–H groups in total. The molecule has 0 aromatic carbocycles. The van der Waals surface area contributed by atoms with Crippen molar-refractivity contribution in [3.8, 4) is 0 Å². The van der Waals surface area contributed by atoms with Gasteiger partial charge >= 0.3 is 0 Å². The van der Waals surface area contributed by atoms with Gasteiger partial charge in [-0.3, -0.25) is 4.98 Å². The third-order valence-electron chi connectivity index (χ3n) is 1.85. The van der Waals surface area contributed by atoms with Gasteiger partial charge in [0.25, 0.3) is 0 Å². The van der Waals surface area contributed by atoms with E-state index in [1.54, 1.807) is 0 Å². The van der Waals surface area contributed by atoms with Gasteiger partial charge in [0.05, 0.1) is 0 Å². The number of hydrogen-bond donors (Lipinski definition) is 0. The summed E-state index contributed by atoms with van der Waals surface area (Å²) in [4.78, 5) is 4.39. The summed E-state index contributed by atoms with van der Waals surface area (Å²) in [6.45, 7) is 4.24. The minimum Gasteiger partial charge on any atom is -0.261 e. The van der Waals surface area contributed by atoms with Crippen LogP contribution in [-0.4, -0.2) is 10.3 Å². The second kappa shape index (κ2) is 4.56. The van der Waals surface area contributed by atoms with Gasteiger partial charge in [0.1, 0.15) is 0 Å². The van der Waals surface area contributed by atoms with Crippen LogP contribution < -0.4 is 0 Å². The molecular weight excluding hydrogens is 329 g/mol. The SMILES string of the molecule is Cc1cnc(CCBr)c(C)c1I. The zero-order valence-corrected chi connectivity index (χ0v) is 10.9. The average Bonchev–Trinajstić information content (AvgIpc) is 2.07. The Morgan fingerprint density at radius 1 is 1.50 bits per heavy atom. The molecule has 0 aliphatic carbocycles. The molecule has 3 heteroatoms. The molecule has 0 spiro atoms. The molecular formula is C9H11BrIN. The maximum Gasteiger partial charge on any atom is 0.0451 e. The largest absolute Gasteiger partial charge is 0.261 e. The number of nitrogens with zero attached hydrogens (tertiary/aromatic N) is 1. The summed E-state index contributed by atoms with van der Waals surface area (Å²) in [5, 5.41) is 0.986. The Balaban J connectivity index is 3.08. The Morgan fingerprint density at radius 2 is 2.17 bits per heavy atom. The summed E-state index contributed by atoms with van der Waals surface area (Å²) in [5.41, 5.74) is 3.81. The summed E-state index contributed by atoms with van der Waals surface area (Å²) >= 11 is 5.80. The van der Waals surface area contributed by atoms with E-state index in [0.717, 1.165) is 11.8 Å². The van der Waals surface area contributed by atoms with Crippen molar-refractivity contribution in [3.05, 3.63) is 26.6 Å². The molecule has 1 rings (SSSR count). The molecule has 66 valence electrons. The number of rotatable bonds is 2. The third-order valence-corrected chi connectivity index (χ3v) is 3.91. The second-order valence-corrected chi connectivity index (χ2v) is 4.64. The molecule has 0 aliphatic heterocycles. The van der Waals surface area contributed by atoms with Crippen LogP contribution >= 0.6 is 38.5 Å². The van der Waals surface area contributed by atoms with Gasteiger partial charge in [-0.25, -0.2) is 0 Å². The highest BCUT2D eigenvalue weighted by molar-refractivity contribution is 14.1. The first-order valence-electron chi connectivity index (χ1n) is 3.83. The molecule has 0 saturated carbocycles. The van der Waals surface area contributed by atoms with Crippen molar-refractivity contribution >= 4 is 38.5 Å². The van der Waals surface area contributed by atoms with Crippen molar-refractivity contribution in [3.63, 3.8) is 0 Å². The Kier molecular flexibility index (Phi) is 3.96. The molecule has 1 heterocycles. The van der Waals surface area contributed by atoms with Crippen LogP contribution in [0.1, 0.15) is 16.8 Å². The maximum atomic E-state index is 4.39. The fraction of sp³-hybridized carbons (Fsp3) is 0.444. The van der Waals surface area contributed by atoms with Crippen LogP contribution in [0.4, 0.5) is 0 Å². The van der Waals surface area contributed by atoms with E-state index in [1.165, 1.54) is 20.4 Å². The molecule has 0 bridgehead atoms. The van der Waals surface area contributed by atoms with Crippen LogP contribution in [-0.2, 0) is 6.42 Å². The average molecular weight is 340 g/mol. The van der Waals surface area contributed by atoms with Gasteiger partial charge in [0, 0.05) is 20.8 Å². The summed E-state index contributed by atoms with van der Waals surface area (Å²) in [6.07, 6.45) is 2.97. The number of halogens is 2. The first-order valence-corrected chi connectivity index (χ1v) is 6.03.